The van der Waals surface area contributed by atoms with Crippen LogP contribution in [0.5, 0.6) is 0 Å². The summed E-state index contributed by atoms with van der Waals surface area (Å²) >= 11 is 0. The van der Waals surface area contributed by atoms with E-state index >= 15 is 0 Å². The molecule has 1 saturated heterocycles. The average Bonchev–Trinajstić information content (AvgIpc) is 2.80. The van der Waals surface area contributed by atoms with E-state index in [1.807, 2.05) is 0 Å². The first-order chi connectivity index (χ1) is 9.00. The highest BCUT2D eigenvalue weighted by atomic mass is 19.2. The number of hydrogen-bond acceptors (Lipinski definition) is 3. The number of ether oxygens (including phenoxy) is 1. The van der Waals surface area contributed by atoms with Crippen LogP contribution in [0.4, 0.5) is 8.78 Å². The van der Waals surface area contributed by atoms with E-state index in [-0.39, 0.29) is 25.1 Å². The predicted octanol–water partition coefficient (Wildman–Crippen LogP) is 0.775. The van der Waals surface area contributed by atoms with Crippen molar-refractivity contribution >= 4 is 5.91 Å². The molecule has 1 aliphatic rings. The monoisotopic (exact) mass is 271 g/mol. The maximum absolute atomic E-state index is 13.4. The number of carbonyl (C=O) groups is 1. The summed E-state index contributed by atoms with van der Waals surface area (Å²) in [6, 6.07) is 3.69. The molecule has 0 unspecified atom stereocenters. The third-order valence-corrected chi connectivity index (χ3v) is 3.08. The Balaban J connectivity index is 1.89. The quantitative estimate of drug-likeness (QED) is 0.850. The third-order valence-electron chi connectivity index (χ3n) is 3.08. The first-order valence-electron chi connectivity index (χ1n) is 6.00. The fraction of sp³-hybridized carbons (Fsp3) is 0.462. The number of carbonyl (C=O) groups excluding carboxylic acids is 1. The van der Waals surface area contributed by atoms with Crippen LogP contribution in [0.3, 0.4) is 0 Å². The third kappa shape index (κ3) is 3.48. The molecule has 0 saturated carbocycles. The molecule has 104 valence electrons. The van der Waals surface area contributed by atoms with E-state index in [1.165, 1.54) is 12.1 Å². The van der Waals surface area contributed by atoms with Gasteiger partial charge >= 0.3 is 0 Å². The van der Waals surface area contributed by atoms with Gasteiger partial charge in [0.25, 0.3) is 0 Å². The Morgan fingerprint density at radius 1 is 1.47 bits per heavy atom. The Hall–Kier alpha value is -1.53. The Labute approximate surface area is 109 Å². The summed E-state index contributed by atoms with van der Waals surface area (Å²) in [5.74, 6) is -2.46. The molecule has 1 aliphatic heterocycles. The van der Waals surface area contributed by atoms with Gasteiger partial charge in [-0.05, 0) is 6.07 Å². The fourth-order valence-electron chi connectivity index (χ4n) is 1.92. The Morgan fingerprint density at radius 3 is 2.95 bits per heavy atom. The Bertz CT molecular complexity index is 473. The zero-order chi connectivity index (χ0) is 13.9. The van der Waals surface area contributed by atoms with E-state index in [1.54, 1.807) is 0 Å². The van der Waals surface area contributed by atoms with Crippen molar-refractivity contribution in [1.29, 1.82) is 0 Å². The fourth-order valence-corrected chi connectivity index (χ4v) is 1.92. The van der Waals surface area contributed by atoms with E-state index < -0.39 is 23.1 Å². The van der Waals surface area contributed by atoms with Crippen LogP contribution in [0, 0.1) is 11.6 Å². The number of rotatable bonds is 4. The van der Waals surface area contributed by atoms with Crippen molar-refractivity contribution in [3.05, 3.63) is 35.4 Å². The maximum atomic E-state index is 13.4. The summed E-state index contributed by atoms with van der Waals surface area (Å²) in [4.78, 5) is 11.6. The lowest BCUT2D eigenvalue weighted by Gasteiger charge is -2.20. The summed E-state index contributed by atoms with van der Waals surface area (Å²) in [7, 11) is 0. The van der Waals surface area contributed by atoms with Crippen LogP contribution in [0.15, 0.2) is 18.2 Å². The summed E-state index contributed by atoms with van der Waals surface area (Å²) < 4.78 is 31.3. The van der Waals surface area contributed by atoms with Crippen molar-refractivity contribution in [1.82, 2.24) is 5.32 Å². The molecule has 0 radical (unpaired) electrons. The second kappa shape index (κ2) is 5.63. The Kier molecular flexibility index (Phi) is 4.11. The molecule has 0 bridgehead atoms. The van der Waals surface area contributed by atoms with E-state index in [9.17, 15) is 18.7 Å². The molecule has 0 spiro atoms. The van der Waals surface area contributed by atoms with Crippen LogP contribution in [0.1, 0.15) is 12.0 Å². The van der Waals surface area contributed by atoms with Crippen LogP contribution in [0.25, 0.3) is 0 Å². The minimum absolute atomic E-state index is 0.00726. The second-order valence-corrected chi connectivity index (χ2v) is 4.69. The van der Waals surface area contributed by atoms with Crippen molar-refractivity contribution < 1.29 is 23.4 Å². The average molecular weight is 271 g/mol. The molecule has 1 heterocycles. The van der Waals surface area contributed by atoms with Crippen LogP contribution < -0.4 is 5.32 Å². The first-order valence-corrected chi connectivity index (χ1v) is 6.00. The van der Waals surface area contributed by atoms with Crippen molar-refractivity contribution in [2.45, 2.75) is 18.4 Å². The van der Waals surface area contributed by atoms with E-state index in [4.69, 9.17) is 4.74 Å². The molecular formula is C13H15F2NO3. The minimum atomic E-state index is -1.06. The maximum Gasteiger partial charge on any atom is 0.224 e. The van der Waals surface area contributed by atoms with Crippen LogP contribution in [0.2, 0.25) is 0 Å². The smallest absolute Gasteiger partial charge is 0.224 e. The van der Waals surface area contributed by atoms with Gasteiger partial charge in [0.1, 0.15) is 5.60 Å². The molecule has 1 fully saturated rings. The molecule has 6 heteroatoms. The first kappa shape index (κ1) is 13.9. The highest BCUT2D eigenvalue weighted by molar-refractivity contribution is 5.78. The molecule has 2 N–H and O–H groups in total. The van der Waals surface area contributed by atoms with Gasteiger partial charge in [-0.3, -0.25) is 4.79 Å². The van der Waals surface area contributed by atoms with E-state index in [2.05, 4.69) is 5.32 Å². The molecule has 2 rings (SSSR count). The van der Waals surface area contributed by atoms with Crippen LogP contribution >= 0.6 is 0 Å². The second-order valence-electron chi connectivity index (χ2n) is 4.69. The molecule has 1 atom stereocenters. The van der Waals surface area contributed by atoms with Crippen LogP contribution in [-0.2, 0) is 16.0 Å². The number of halogens is 2. The van der Waals surface area contributed by atoms with Crippen molar-refractivity contribution in [2.24, 2.45) is 0 Å². The Morgan fingerprint density at radius 2 is 2.26 bits per heavy atom. The van der Waals surface area contributed by atoms with Gasteiger partial charge in [-0.25, -0.2) is 8.78 Å². The molecule has 4 nitrogen and oxygen atoms in total. The highest BCUT2D eigenvalue weighted by Crippen LogP contribution is 2.17. The number of benzene rings is 1. The van der Waals surface area contributed by atoms with Gasteiger partial charge in [-0.15, -0.1) is 0 Å². The summed E-state index contributed by atoms with van der Waals surface area (Å²) in [5, 5.41) is 12.4. The van der Waals surface area contributed by atoms with Gasteiger partial charge in [-0.2, -0.15) is 0 Å². The SMILES string of the molecule is O=C(Cc1cccc(F)c1F)NC[C@]1(O)CCOC1. The van der Waals surface area contributed by atoms with Gasteiger partial charge in [0.05, 0.1) is 13.0 Å². The van der Waals surface area contributed by atoms with Gasteiger partial charge in [0.2, 0.25) is 5.91 Å². The lowest BCUT2D eigenvalue weighted by molar-refractivity contribution is -0.121. The normalized spacial score (nSPS) is 22.5. The van der Waals surface area contributed by atoms with E-state index in [0.717, 1.165) is 6.07 Å². The largest absolute Gasteiger partial charge is 0.386 e. The molecule has 1 aromatic rings. The lowest BCUT2D eigenvalue weighted by atomic mass is 10.0. The lowest BCUT2D eigenvalue weighted by Crippen LogP contribution is -2.43. The van der Waals surface area contributed by atoms with Gasteiger partial charge < -0.3 is 15.2 Å². The molecule has 1 aromatic carbocycles. The van der Waals surface area contributed by atoms with Crippen molar-refractivity contribution in [3.63, 3.8) is 0 Å². The highest BCUT2D eigenvalue weighted by Gasteiger charge is 2.32. The molecule has 0 aromatic heterocycles. The number of nitrogens with one attached hydrogen (secondary N) is 1. The van der Waals surface area contributed by atoms with Crippen molar-refractivity contribution in [2.75, 3.05) is 19.8 Å². The number of hydrogen-bond donors (Lipinski definition) is 2. The summed E-state index contributed by atoms with van der Waals surface area (Å²) in [6.45, 7) is 0.662. The van der Waals surface area contributed by atoms with E-state index in [0.29, 0.717) is 13.0 Å². The predicted molar refractivity (Wildman–Crippen MR) is 63.5 cm³/mol. The topological polar surface area (TPSA) is 58.6 Å². The molecule has 0 aliphatic carbocycles. The standard InChI is InChI=1S/C13H15F2NO3/c14-10-3-1-2-9(12(10)15)6-11(17)16-7-13(18)4-5-19-8-13/h1-3,18H,4-8H2,(H,16,17)/t13-/m1/s1. The summed E-state index contributed by atoms with van der Waals surface area (Å²) in [6.07, 6.45) is 0.183. The van der Waals surface area contributed by atoms with Crippen LogP contribution in [-0.4, -0.2) is 36.4 Å². The zero-order valence-electron chi connectivity index (χ0n) is 10.3. The molecular weight excluding hydrogens is 256 g/mol. The number of aliphatic hydroxyl groups is 1. The number of amides is 1. The van der Waals surface area contributed by atoms with Gasteiger partial charge in [0.15, 0.2) is 11.6 Å². The zero-order valence-corrected chi connectivity index (χ0v) is 10.3. The van der Waals surface area contributed by atoms with Gasteiger partial charge in [0, 0.05) is 25.1 Å². The van der Waals surface area contributed by atoms with Crippen molar-refractivity contribution in [3.8, 4) is 0 Å². The molecule has 19 heavy (non-hydrogen) atoms. The molecule has 1 amide bonds. The van der Waals surface area contributed by atoms with Gasteiger partial charge in [-0.1, -0.05) is 12.1 Å². The summed E-state index contributed by atoms with van der Waals surface area (Å²) in [5.41, 5.74) is -1.07. The minimum Gasteiger partial charge on any atom is -0.386 e.